The van der Waals surface area contributed by atoms with Gasteiger partial charge in [-0.25, -0.2) is 0 Å². The van der Waals surface area contributed by atoms with Crippen LogP contribution in [0.3, 0.4) is 0 Å². The van der Waals surface area contributed by atoms with Crippen molar-refractivity contribution >= 4 is 22.0 Å². The minimum Gasteiger partial charge on any atom is -0.462 e. The Balaban J connectivity index is 1.05. The first-order chi connectivity index (χ1) is 29.3. The van der Waals surface area contributed by atoms with Crippen LogP contribution in [0, 0.1) is 46.3 Å². The molecule has 0 aromatic heterocycles. The van der Waals surface area contributed by atoms with Crippen molar-refractivity contribution in [3.05, 3.63) is 60.8 Å². The molecule has 4 fully saturated rings. The molecule has 4 rings (SSSR count). The van der Waals surface area contributed by atoms with Crippen LogP contribution in [-0.2, 0) is 24.4 Å². The molecule has 0 radical (unpaired) electrons. The maximum atomic E-state index is 12.9. The van der Waals surface area contributed by atoms with Gasteiger partial charge in [-0.1, -0.05) is 121 Å². The average molecular weight is 868 g/mol. The van der Waals surface area contributed by atoms with E-state index in [0.29, 0.717) is 48.9 Å². The van der Waals surface area contributed by atoms with E-state index >= 15 is 0 Å². The summed E-state index contributed by atoms with van der Waals surface area (Å²) in [5, 5.41) is 14.6. The van der Waals surface area contributed by atoms with Gasteiger partial charge in [-0.05, 0) is 155 Å². The summed E-state index contributed by atoms with van der Waals surface area (Å²) in [6.45, 7) is 9.08. The SMILES string of the molecule is CC/C=C\C/C=C\C/C=C\C/C=C\C/C=C\CCCCCCCCCC(=O)OC1CCC2(C)C(CCC3C2CC(O)C2(C)C(C(C)CCC(=O)NCCS(=O)(=O)O)CCC32)C1. The molecule has 346 valence electrons. The first kappa shape index (κ1) is 51.1. The number of hydrogen-bond donors (Lipinski definition) is 3. The Kier molecular flexibility index (Phi) is 22.1. The molecule has 3 N–H and O–H groups in total. The maximum Gasteiger partial charge on any atom is 0.306 e. The molecule has 4 aliphatic carbocycles. The molecule has 10 atom stereocenters. The molecule has 61 heavy (non-hydrogen) atoms. The molecule has 0 bridgehead atoms. The number of rotatable bonds is 27. The smallest absolute Gasteiger partial charge is 0.306 e. The molecule has 0 spiro atoms. The van der Waals surface area contributed by atoms with Crippen LogP contribution in [0.15, 0.2) is 60.8 Å². The van der Waals surface area contributed by atoms with Gasteiger partial charge in [0.25, 0.3) is 10.1 Å². The number of nitrogens with one attached hydrogen (secondary N) is 1. The molecular formula is C52H85NO7S. The Morgan fingerprint density at radius 1 is 0.754 bits per heavy atom. The van der Waals surface area contributed by atoms with Gasteiger partial charge in [0.15, 0.2) is 0 Å². The lowest BCUT2D eigenvalue weighted by molar-refractivity contribution is -0.181. The number of fused-ring (bicyclic) bond motifs is 5. The highest BCUT2D eigenvalue weighted by Crippen LogP contribution is 2.68. The van der Waals surface area contributed by atoms with Gasteiger partial charge in [0.1, 0.15) is 6.10 Å². The fraction of sp³-hybridized carbons (Fsp3) is 0.769. The van der Waals surface area contributed by atoms with Crippen molar-refractivity contribution in [3.8, 4) is 0 Å². The summed E-state index contributed by atoms with van der Waals surface area (Å²) in [6.07, 6.45) is 46.5. The highest BCUT2D eigenvalue weighted by Gasteiger charge is 2.63. The van der Waals surface area contributed by atoms with Crippen LogP contribution in [-0.4, -0.2) is 54.5 Å². The van der Waals surface area contributed by atoms with E-state index in [1.54, 1.807) is 0 Å². The summed E-state index contributed by atoms with van der Waals surface area (Å²) in [5.41, 5.74) is -0.0118. The van der Waals surface area contributed by atoms with Crippen molar-refractivity contribution in [2.24, 2.45) is 46.3 Å². The largest absolute Gasteiger partial charge is 0.462 e. The summed E-state index contributed by atoms with van der Waals surface area (Å²) in [4.78, 5) is 25.4. The third-order valence-corrected chi connectivity index (χ3v) is 16.4. The van der Waals surface area contributed by atoms with Crippen LogP contribution in [0.4, 0.5) is 0 Å². The lowest BCUT2D eigenvalue weighted by Gasteiger charge is -2.62. The Morgan fingerprint density at radius 3 is 2.00 bits per heavy atom. The third-order valence-electron chi connectivity index (χ3n) is 15.7. The second-order valence-corrected chi connectivity index (χ2v) is 21.3. The van der Waals surface area contributed by atoms with Crippen molar-refractivity contribution in [2.75, 3.05) is 12.3 Å². The zero-order valence-electron chi connectivity index (χ0n) is 38.6. The van der Waals surface area contributed by atoms with Crippen LogP contribution < -0.4 is 5.32 Å². The van der Waals surface area contributed by atoms with Crippen molar-refractivity contribution in [1.82, 2.24) is 5.32 Å². The minimum absolute atomic E-state index is 0.0193. The molecule has 8 nitrogen and oxygen atoms in total. The van der Waals surface area contributed by atoms with Crippen molar-refractivity contribution in [1.29, 1.82) is 0 Å². The fourth-order valence-corrected chi connectivity index (χ4v) is 12.6. The minimum atomic E-state index is -4.10. The molecule has 0 aliphatic heterocycles. The third kappa shape index (κ3) is 16.2. The zero-order valence-corrected chi connectivity index (χ0v) is 39.4. The van der Waals surface area contributed by atoms with Gasteiger partial charge in [0.05, 0.1) is 11.9 Å². The Morgan fingerprint density at radius 2 is 1.36 bits per heavy atom. The fourth-order valence-electron chi connectivity index (χ4n) is 12.2. The van der Waals surface area contributed by atoms with Crippen LogP contribution >= 0.6 is 0 Å². The maximum absolute atomic E-state index is 12.9. The summed E-state index contributed by atoms with van der Waals surface area (Å²) in [7, 11) is -4.10. The van der Waals surface area contributed by atoms with Gasteiger partial charge in [-0.15, -0.1) is 0 Å². The Labute approximate surface area is 371 Å². The number of allylic oxidation sites excluding steroid dienone is 10. The quantitative estimate of drug-likeness (QED) is 0.0324. The van der Waals surface area contributed by atoms with E-state index < -0.39 is 15.9 Å². The number of carbonyl (C=O) groups excluding carboxylic acids is 2. The Bertz CT molecular complexity index is 1580. The Hall–Kier alpha value is -2.49. The van der Waals surface area contributed by atoms with Gasteiger partial charge in [0.2, 0.25) is 5.91 Å². The van der Waals surface area contributed by atoms with E-state index in [0.717, 1.165) is 89.9 Å². The number of esters is 1. The van der Waals surface area contributed by atoms with Crippen molar-refractivity contribution in [3.63, 3.8) is 0 Å². The van der Waals surface area contributed by atoms with Gasteiger partial charge >= 0.3 is 5.97 Å². The molecule has 10 unspecified atom stereocenters. The van der Waals surface area contributed by atoms with Crippen LogP contribution in [0.1, 0.15) is 182 Å². The number of carbonyl (C=O) groups is 2. The molecule has 4 aliphatic rings. The van der Waals surface area contributed by atoms with E-state index in [1.807, 2.05) is 0 Å². The van der Waals surface area contributed by atoms with E-state index in [9.17, 15) is 23.1 Å². The van der Waals surface area contributed by atoms with Crippen LogP contribution in [0.2, 0.25) is 0 Å². The van der Waals surface area contributed by atoms with Crippen molar-refractivity contribution < 1.29 is 32.4 Å². The number of aliphatic hydroxyl groups excluding tert-OH is 1. The molecule has 0 aromatic carbocycles. The van der Waals surface area contributed by atoms with Crippen LogP contribution in [0.25, 0.3) is 0 Å². The second kappa shape index (κ2) is 26.3. The monoisotopic (exact) mass is 868 g/mol. The van der Waals surface area contributed by atoms with Gasteiger partial charge < -0.3 is 15.2 Å². The number of unbranched alkanes of at least 4 members (excludes halogenated alkanes) is 7. The predicted octanol–water partition coefficient (Wildman–Crippen LogP) is 12.2. The zero-order chi connectivity index (χ0) is 44.1. The average Bonchev–Trinajstić information content (AvgIpc) is 3.59. The lowest BCUT2D eigenvalue weighted by Crippen LogP contribution is -2.59. The number of ether oxygens (including phenoxy) is 1. The van der Waals surface area contributed by atoms with Crippen molar-refractivity contribution in [2.45, 2.75) is 194 Å². The topological polar surface area (TPSA) is 130 Å². The number of aliphatic hydroxyl groups is 1. The van der Waals surface area contributed by atoms with E-state index in [1.165, 1.54) is 44.9 Å². The van der Waals surface area contributed by atoms with E-state index in [4.69, 9.17) is 9.29 Å². The lowest BCUT2D eigenvalue weighted by atomic mass is 9.43. The predicted molar refractivity (Wildman–Crippen MR) is 250 cm³/mol. The molecule has 1 amide bonds. The summed E-state index contributed by atoms with van der Waals surface area (Å²) >= 11 is 0. The molecule has 0 aromatic rings. The molecule has 0 saturated heterocycles. The normalized spacial score (nSPS) is 31.0. The van der Waals surface area contributed by atoms with E-state index in [2.05, 4.69) is 93.8 Å². The number of hydrogen-bond acceptors (Lipinski definition) is 6. The molecule has 0 heterocycles. The standard InChI is InChI=1S/C52H85NO7S/c1-5-6-7-8-9-10-11-12-13-14-15-16-17-18-19-20-21-22-23-24-25-26-27-28-50(56)60-43-35-36-51(3)42(39-43)30-31-44-46-33-32-45(52(46,4)48(54)40-47(44)51)41(2)29-34-49(55)53-37-38-61(57,58)59/h6-7,9-10,12-13,15-16,18-19,41-48,54H,5,8,11,14,17,20-40H2,1-4H3,(H,53,55)(H,57,58,59)/b7-6-,10-9-,13-12-,16-15-,19-18-. The second-order valence-electron chi connectivity index (χ2n) is 19.7. The highest BCUT2D eigenvalue weighted by atomic mass is 32.2. The van der Waals surface area contributed by atoms with Gasteiger partial charge in [-0.2, -0.15) is 8.42 Å². The van der Waals surface area contributed by atoms with E-state index in [-0.39, 0.29) is 47.4 Å². The van der Waals surface area contributed by atoms with Gasteiger partial charge in [0, 0.05) is 19.4 Å². The molecular weight excluding hydrogens is 783 g/mol. The van der Waals surface area contributed by atoms with Gasteiger partial charge in [-0.3, -0.25) is 14.1 Å². The summed E-state index contributed by atoms with van der Waals surface area (Å²) in [6, 6.07) is 0. The summed E-state index contributed by atoms with van der Waals surface area (Å²) in [5.74, 6) is 1.98. The molecule has 9 heteroatoms. The number of amides is 1. The van der Waals surface area contributed by atoms with Crippen LogP contribution in [0.5, 0.6) is 0 Å². The molecule has 4 saturated carbocycles. The first-order valence-electron chi connectivity index (χ1n) is 24.6. The highest BCUT2D eigenvalue weighted by molar-refractivity contribution is 7.85. The summed E-state index contributed by atoms with van der Waals surface area (Å²) < 4.78 is 37.1. The first-order valence-corrected chi connectivity index (χ1v) is 26.2.